The molecule has 1 aromatic carbocycles. The summed E-state index contributed by atoms with van der Waals surface area (Å²) in [5, 5.41) is 0.761. The topological polar surface area (TPSA) is 9.23 Å². The van der Waals surface area contributed by atoms with Crippen LogP contribution in [0.15, 0.2) is 22.7 Å². The second-order valence-electron chi connectivity index (χ2n) is 2.11. The molecule has 4 heteroatoms. The first-order valence-electron chi connectivity index (χ1n) is 3.38. The van der Waals surface area contributed by atoms with Crippen LogP contribution in [0, 0.1) is 5.82 Å². The lowest BCUT2D eigenvalue weighted by molar-refractivity contribution is 0.342. The molecule has 0 atom stereocenters. The molecule has 0 unspecified atom stereocenters. The van der Waals surface area contributed by atoms with Gasteiger partial charge in [0.05, 0.1) is 11.1 Å². The van der Waals surface area contributed by atoms with Crippen molar-refractivity contribution in [2.75, 3.05) is 11.9 Å². The third-order valence-electron chi connectivity index (χ3n) is 1.23. The summed E-state index contributed by atoms with van der Waals surface area (Å²) in [4.78, 5) is 0. The first-order valence-corrected chi connectivity index (χ1v) is 5.29. The van der Waals surface area contributed by atoms with E-state index in [1.54, 1.807) is 6.07 Å². The number of ether oxygens (including phenoxy) is 1. The van der Waals surface area contributed by atoms with Gasteiger partial charge in [-0.05, 0) is 34.1 Å². The van der Waals surface area contributed by atoms with E-state index >= 15 is 0 Å². The molecule has 0 heterocycles. The van der Waals surface area contributed by atoms with Gasteiger partial charge in [-0.3, -0.25) is 0 Å². The highest BCUT2D eigenvalue weighted by Gasteiger charge is 2.01. The number of alkyl halides is 1. The summed E-state index contributed by atoms with van der Waals surface area (Å²) in [6.07, 6.45) is 0. The van der Waals surface area contributed by atoms with E-state index in [2.05, 4.69) is 31.9 Å². The predicted molar refractivity (Wildman–Crippen MR) is 53.4 cm³/mol. The lowest BCUT2D eigenvalue weighted by atomic mass is 10.3. The molecule has 1 aromatic rings. The van der Waals surface area contributed by atoms with Crippen LogP contribution in [0.25, 0.3) is 0 Å². The maximum atomic E-state index is 12.6. The average molecular weight is 298 g/mol. The minimum atomic E-state index is -0.270. The van der Waals surface area contributed by atoms with Crippen molar-refractivity contribution in [3.05, 3.63) is 28.5 Å². The Morgan fingerprint density at radius 2 is 2.17 bits per heavy atom. The van der Waals surface area contributed by atoms with Crippen LogP contribution in [0.4, 0.5) is 4.39 Å². The van der Waals surface area contributed by atoms with Gasteiger partial charge in [-0.1, -0.05) is 15.9 Å². The summed E-state index contributed by atoms with van der Waals surface area (Å²) in [6.45, 7) is 0.574. The first kappa shape index (κ1) is 9.99. The van der Waals surface area contributed by atoms with Gasteiger partial charge < -0.3 is 4.74 Å². The smallest absolute Gasteiger partial charge is 0.133 e. The minimum Gasteiger partial charge on any atom is -0.492 e. The number of rotatable bonds is 3. The predicted octanol–water partition coefficient (Wildman–Crippen LogP) is 3.36. The van der Waals surface area contributed by atoms with Gasteiger partial charge in [-0.15, -0.1) is 0 Å². The number of hydrogen-bond donors (Lipinski definition) is 0. The molecule has 0 aliphatic heterocycles. The molecule has 0 N–H and O–H groups in total. The van der Waals surface area contributed by atoms with Gasteiger partial charge in [0.2, 0.25) is 0 Å². The zero-order valence-electron chi connectivity index (χ0n) is 6.19. The van der Waals surface area contributed by atoms with Crippen LogP contribution >= 0.6 is 31.9 Å². The fourth-order valence-electron chi connectivity index (χ4n) is 0.741. The molecule has 0 aromatic heterocycles. The molecule has 0 amide bonds. The van der Waals surface area contributed by atoms with Crippen LogP contribution < -0.4 is 4.74 Å². The van der Waals surface area contributed by atoms with E-state index in [9.17, 15) is 4.39 Å². The van der Waals surface area contributed by atoms with Crippen molar-refractivity contribution < 1.29 is 9.13 Å². The Kier molecular flexibility index (Phi) is 4.01. The summed E-state index contributed by atoms with van der Waals surface area (Å²) in [5.74, 6) is 0.393. The van der Waals surface area contributed by atoms with Crippen molar-refractivity contribution in [1.82, 2.24) is 0 Å². The van der Waals surface area contributed by atoms with E-state index in [4.69, 9.17) is 4.74 Å². The van der Waals surface area contributed by atoms with Crippen molar-refractivity contribution in [3.8, 4) is 5.75 Å². The molecule has 1 rings (SSSR count). The summed E-state index contributed by atoms with van der Waals surface area (Å²) < 4.78 is 18.5. The summed E-state index contributed by atoms with van der Waals surface area (Å²) in [6, 6.07) is 4.35. The third kappa shape index (κ3) is 2.75. The molecule has 0 bridgehead atoms. The minimum absolute atomic E-state index is 0.270. The van der Waals surface area contributed by atoms with E-state index in [0.29, 0.717) is 16.8 Å². The Morgan fingerprint density at radius 1 is 1.42 bits per heavy atom. The molecular weight excluding hydrogens is 291 g/mol. The molecule has 0 fully saturated rings. The largest absolute Gasteiger partial charge is 0.492 e. The van der Waals surface area contributed by atoms with Crippen LogP contribution in [-0.4, -0.2) is 11.9 Å². The normalized spacial score (nSPS) is 9.92. The zero-order valence-corrected chi connectivity index (χ0v) is 9.36. The standard InChI is InChI=1S/C8H7Br2FO/c9-3-4-12-8-2-1-6(11)5-7(8)10/h1-2,5H,3-4H2. The van der Waals surface area contributed by atoms with Crippen LogP contribution in [-0.2, 0) is 0 Å². The summed E-state index contributed by atoms with van der Waals surface area (Å²) in [5.41, 5.74) is 0. The van der Waals surface area contributed by atoms with Gasteiger partial charge in [0.1, 0.15) is 11.6 Å². The van der Waals surface area contributed by atoms with E-state index in [-0.39, 0.29) is 5.82 Å². The quantitative estimate of drug-likeness (QED) is 0.778. The Morgan fingerprint density at radius 3 is 2.75 bits per heavy atom. The lowest BCUT2D eigenvalue weighted by Crippen LogP contribution is -1.98. The summed E-state index contributed by atoms with van der Waals surface area (Å²) >= 11 is 6.43. The van der Waals surface area contributed by atoms with Crippen molar-refractivity contribution in [1.29, 1.82) is 0 Å². The lowest BCUT2D eigenvalue weighted by Gasteiger charge is -2.05. The van der Waals surface area contributed by atoms with Crippen molar-refractivity contribution in [3.63, 3.8) is 0 Å². The molecule has 12 heavy (non-hydrogen) atoms. The maximum Gasteiger partial charge on any atom is 0.133 e. The average Bonchev–Trinajstić information content (AvgIpc) is 2.03. The third-order valence-corrected chi connectivity index (χ3v) is 2.17. The van der Waals surface area contributed by atoms with E-state index in [0.717, 1.165) is 5.33 Å². The summed E-state index contributed by atoms with van der Waals surface area (Å²) in [7, 11) is 0. The molecule has 0 aliphatic rings. The molecule has 1 nitrogen and oxygen atoms in total. The van der Waals surface area contributed by atoms with Gasteiger partial charge in [-0.2, -0.15) is 0 Å². The van der Waals surface area contributed by atoms with Gasteiger partial charge in [0, 0.05) is 5.33 Å². The van der Waals surface area contributed by atoms with Gasteiger partial charge in [-0.25, -0.2) is 4.39 Å². The van der Waals surface area contributed by atoms with Crippen LogP contribution in [0.1, 0.15) is 0 Å². The highest BCUT2D eigenvalue weighted by atomic mass is 79.9. The molecule has 66 valence electrons. The molecular formula is C8H7Br2FO. The SMILES string of the molecule is Fc1ccc(OCCBr)c(Br)c1. The van der Waals surface area contributed by atoms with E-state index < -0.39 is 0 Å². The molecule has 0 saturated carbocycles. The number of benzene rings is 1. The fourth-order valence-corrected chi connectivity index (χ4v) is 1.37. The zero-order chi connectivity index (χ0) is 8.97. The van der Waals surface area contributed by atoms with Crippen LogP contribution in [0.2, 0.25) is 0 Å². The van der Waals surface area contributed by atoms with E-state index in [1.165, 1.54) is 12.1 Å². The van der Waals surface area contributed by atoms with Crippen LogP contribution in [0.5, 0.6) is 5.75 Å². The molecule has 0 saturated heterocycles. The van der Waals surface area contributed by atoms with Gasteiger partial charge in [0.15, 0.2) is 0 Å². The fraction of sp³-hybridized carbons (Fsp3) is 0.250. The van der Waals surface area contributed by atoms with Crippen LogP contribution in [0.3, 0.4) is 0 Å². The molecule has 0 spiro atoms. The Balaban J connectivity index is 2.72. The highest BCUT2D eigenvalue weighted by molar-refractivity contribution is 9.10. The Bertz CT molecular complexity index is 265. The first-order chi connectivity index (χ1) is 5.74. The van der Waals surface area contributed by atoms with Gasteiger partial charge in [0.25, 0.3) is 0 Å². The highest BCUT2D eigenvalue weighted by Crippen LogP contribution is 2.25. The Hall–Kier alpha value is -0.0900. The number of halogens is 3. The maximum absolute atomic E-state index is 12.6. The van der Waals surface area contributed by atoms with Crippen molar-refractivity contribution in [2.45, 2.75) is 0 Å². The van der Waals surface area contributed by atoms with Crippen molar-refractivity contribution >= 4 is 31.9 Å². The van der Waals surface area contributed by atoms with Gasteiger partial charge >= 0.3 is 0 Å². The van der Waals surface area contributed by atoms with E-state index in [1.807, 2.05) is 0 Å². The number of hydrogen-bond acceptors (Lipinski definition) is 1. The molecule has 0 aliphatic carbocycles. The monoisotopic (exact) mass is 296 g/mol. The second kappa shape index (κ2) is 4.82. The second-order valence-corrected chi connectivity index (χ2v) is 3.76. The Labute approximate surface area is 87.2 Å². The molecule has 0 radical (unpaired) electrons. The van der Waals surface area contributed by atoms with Crippen molar-refractivity contribution in [2.24, 2.45) is 0 Å².